The lowest BCUT2D eigenvalue weighted by atomic mass is 10.1. The molecule has 0 saturated heterocycles. The maximum atomic E-state index is 12.9. The Morgan fingerprint density at radius 3 is 2.05 bits per heavy atom. The molecule has 0 unspecified atom stereocenters. The topological polar surface area (TPSA) is 24.1 Å². The van der Waals surface area contributed by atoms with E-state index in [9.17, 15) is 13.2 Å². The van der Waals surface area contributed by atoms with Crippen molar-refractivity contribution in [2.45, 2.75) is 6.18 Å². The van der Waals surface area contributed by atoms with Crippen LogP contribution in [0.25, 0.3) is 0 Å². The Hall–Kier alpha value is -1.60. The van der Waals surface area contributed by atoms with Crippen molar-refractivity contribution in [3.63, 3.8) is 0 Å². The van der Waals surface area contributed by atoms with Crippen LogP contribution in [0.2, 0.25) is 0 Å². The summed E-state index contributed by atoms with van der Waals surface area (Å²) in [6, 6.07) is 12.4. The fourth-order valence-electron chi connectivity index (χ4n) is 1.68. The number of thiocarbonyl (C=S) groups is 1. The van der Waals surface area contributed by atoms with E-state index >= 15 is 0 Å². The summed E-state index contributed by atoms with van der Waals surface area (Å²) in [6.45, 7) is 0. The predicted molar refractivity (Wildman–Crippen MR) is 85.4 cm³/mol. The monoisotopic (exact) mass is 374 g/mol. The third-order valence-corrected chi connectivity index (χ3v) is 3.50. The summed E-state index contributed by atoms with van der Waals surface area (Å²) in [5.74, 6) is 0. The van der Waals surface area contributed by atoms with Gasteiger partial charge in [-0.25, -0.2) is 0 Å². The maximum Gasteiger partial charge on any atom is 0.418 e. The highest BCUT2D eigenvalue weighted by molar-refractivity contribution is 9.10. The van der Waals surface area contributed by atoms with E-state index in [4.69, 9.17) is 12.2 Å². The molecule has 0 aliphatic rings. The molecule has 0 aliphatic carbocycles. The summed E-state index contributed by atoms with van der Waals surface area (Å²) < 4.78 is 39.4. The van der Waals surface area contributed by atoms with Crippen LogP contribution in [0.15, 0.2) is 53.0 Å². The Balaban J connectivity index is 2.16. The molecule has 2 nitrogen and oxygen atoms in total. The lowest BCUT2D eigenvalue weighted by molar-refractivity contribution is -0.136. The van der Waals surface area contributed by atoms with Gasteiger partial charge in [0.25, 0.3) is 0 Å². The maximum absolute atomic E-state index is 12.9. The van der Waals surface area contributed by atoms with Crippen molar-refractivity contribution >= 4 is 44.6 Å². The zero-order valence-corrected chi connectivity index (χ0v) is 12.9. The first-order chi connectivity index (χ1) is 9.88. The van der Waals surface area contributed by atoms with Gasteiger partial charge in [-0.15, -0.1) is 0 Å². The van der Waals surface area contributed by atoms with Gasteiger partial charge in [0, 0.05) is 4.47 Å². The van der Waals surface area contributed by atoms with Gasteiger partial charge in [0.15, 0.2) is 5.11 Å². The summed E-state index contributed by atoms with van der Waals surface area (Å²) in [6.07, 6.45) is -4.44. The summed E-state index contributed by atoms with van der Waals surface area (Å²) in [4.78, 5) is 0. The Morgan fingerprint density at radius 1 is 0.905 bits per heavy atom. The van der Waals surface area contributed by atoms with E-state index in [0.717, 1.165) is 10.5 Å². The summed E-state index contributed by atoms with van der Waals surface area (Å²) in [5.41, 5.74) is -0.185. The number of nitrogens with one attached hydrogen (secondary N) is 2. The first kappa shape index (κ1) is 15.8. The van der Waals surface area contributed by atoms with Crippen LogP contribution in [0, 0.1) is 0 Å². The molecule has 2 aromatic rings. The highest BCUT2D eigenvalue weighted by atomic mass is 79.9. The number of hydrogen-bond acceptors (Lipinski definition) is 1. The average molecular weight is 375 g/mol. The first-order valence-corrected chi connectivity index (χ1v) is 7.07. The number of alkyl halides is 3. The minimum Gasteiger partial charge on any atom is -0.332 e. The van der Waals surface area contributed by atoms with E-state index in [0.29, 0.717) is 5.69 Å². The Kier molecular flexibility index (Phi) is 4.84. The van der Waals surface area contributed by atoms with Gasteiger partial charge in [0.1, 0.15) is 0 Å². The fraction of sp³-hybridized carbons (Fsp3) is 0.0714. The molecule has 0 aromatic heterocycles. The molecule has 0 spiro atoms. The molecule has 0 amide bonds. The number of halogens is 4. The second-order valence-electron chi connectivity index (χ2n) is 4.10. The third-order valence-electron chi connectivity index (χ3n) is 2.60. The quantitative estimate of drug-likeness (QED) is 0.699. The second-order valence-corrected chi connectivity index (χ2v) is 5.36. The van der Waals surface area contributed by atoms with E-state index in [1.807, 2.05) is 6.07 Å². The molecule has 0 atom stereocenters. The van der Waals surface area contributed by atoms with Crippen LogP contribution in [0.3, 0.4) is 0 Å². The van der Waals surface area contributed by atoms with E-state index in [2.05, 4.69) is 26.6 Å². The zero-order chi connectivity index (χ0) is 15.5. The molecule has 7 heteroatoms. The normalized spacial score (nSPS) is 11.0. The molecule has 0 fully saturated rings. The molecule has 2 rings (SSSR count). The van der Waals surface area contributed by atoms with Gasteiger partial charge < -0.3 is 10.6 Å². The van der Waals surface area contributed by atoms with Gasteiger partial charge in [-0.3, -0.25) is 0 Å². The number of anilines is 2. The SMILES string of the molecule is FC(F)(F)c1ccccc1NC(=S)Nc1ccccc1Br. The summed E-state index contributed by atoms with van der Waals surface area (Å²) >= 11 is 8.38. The largest absolute Gasteiger partial charge is 0.418 e. The minimum absolute atomic E-state index is 0.0820. The van der Waals surface area contributed by atoms with Crippen molar-refractivity contribution < 1.29 is 13.2 Å². The van der Waals surface area contributed by atoms with Gasteiger partial charge in [-0.05, 0) is 52.4 Å². The van der Waals surface area contributed by atoms with Crippen LogP contribution in [0.4, 0.5) is 24.5 Å². The van der Waals surface area contributed by atoms with Crippen molar-refractivity contribution in [3.8, 4) is 0 Å². The van der Waals surface area contributed by atoms with E-state index in [1.54, 1.807) is 18.2 Å². The minimum atomic E-state index is -4.44. The van der Waals surface area contributed by atoms with Crippen molar-refractivity contribution in [1.82, 2.24) is 0 Å². The number of para-hydroxylation sites is 2. The van der Waals surface area contributed by atoms with Crippen molar-refractivity contribution in [1.29, 1.82) is 0 Å². The lowest BCUT2D eigenvalue weighted by Crippen LogP contribution is -2.21. The molecule has 21 heavy (non-hydrogen) atoms. The summed E-state index contributed by atoms with van der Waals surface area (Å²) in [7, 11) is 0. The van der Waals surface area contributed by atoms with Crippen LogP contribution in [0.5, 0.6) is 0 Å². The molecular weight excluding hydrogens is 365 g/mol. The van der Waals surface area contributed by atoms with Gasteiger partial charge in [-0.1, -0.05) is 24.3 Å². The molecule has 0 saturated carbocycles. The van der Waals surface area contributed by atoms with Gasteiger partial charge in [-0.2, -0.15) is 13.2 Å². The molecule has 2 N–H and O–H groups in total. The second kappa shape index (κ2) is 6.44. The van der Waals surface area contributed by atoms with Crippen molar-refractivity contribution in [2.75, 3.05) is 10.6 Å². The van der Waals surface area contributed by atoms with E-state index in [1.165, 1.54) is 18.2 Å². The fourth-order valence-corrected chi connectivity index (χ4v) is 2.28. The van der Waals surface area contributed by atoms with E-state index in [-0.39, 0.29) is 10.8 Å². The molecule has 2 aromatic carbocycles. The summed E-state index contributed by atoms with van der Waals surface area (Å²) in [5, 5.41) is 5.50. The van der Waals surface area contributed by atoms with Crippen LogP contribution in [-0.4, -0.2) is 5.11 Å². The molecule has 0 bridgehead atoms. The van der Waals surface area contributed by atoms with E-state index < -0.39 is 11.7 Å². The zero-order valence-electron chi connectivity index (χ0n) is 10.5. The van der Waals surface area contributed by atoms with Crippen LogP contribution < -0.4 is 10.6 Å². The van der Waals surface area contributed by atoms with Crippen LogP contribution in [0.1, 0.15) is 5.56 Å². The number of hydrogen-bond donors (Lipinski definition) is 2. The van der Waals surface area contributed by atoms with Crippen LogP contribution >= 0.6 is 28.1 Å². The molecular formula is C14H10BrF3N2S. The number of rotatable bonds is 2. The smallest absolute Gasteiger partial charge is 0.332 e. The highest BCUT2D eigenvalue weighted by Gasteiger charge is 2.33. The van der Waals surface area contributed by atoms with Crippen molar-refractivity contribution in [2.24, 2.45) is 0 Å². The van der Waals surface area contributed by atoms with Gasteiger partial charge in [0.05, 0.1) is 16.9 Å². The van der Waals surface area contributed by atoms with Gasteiger partial charge in [0.2, 0.25) is 0 Å². The lowest BCUT2D eigenvalue weighted by Gasteiger charge is -2.16. The van der Waals surface area contributed by atoms with Gasteiger partial charge >= 0.3 is 6.18 Å². The van der Waals surface area contributed by atoms with Crippen molar-refractivity contribution in [3.05, 3.63) is 58.6 Å². The molecule has 0 radical (unpaired) electrons. The first-order valence-electron chi connectivity index (χ1n) is 5.86. The average Bonchev–Trinajstić information content (AvgIpc) is 2.41. The molecule has 0 aliphatic heterocycles. The predicted octanol–water partition coefficient (Wildman–Crippen LogP) is 5.28. The Morgan fingerprint density at radius 2 is 1.43 bits per heavy atom. The Labute approximate surface area is 133 Å². The molecule has 110 valence electrons. The van der Waals surface area contributed by atoms with Crippen LogP contribution in [-0.2, 0) is 6.18 Å². The molecule has 0 heterocycles. The third kappa shape index (κ3) is 4.18. The highest BCUT2D eigenvalue weighted by Crippen LogP contribution is 2.34. The Bertz CT molecular complexity index is 659. The number of benzene rings is 2. The standard InChI is InChI=1S/C14H10BrF3N2S/c15-10-6-2-4-8-12(10)20-13(21)19-11-7-3-1-5-9(11)14(16,17)18/h1-8H,(H2,19,20,21).